The Balaban J connectivity index is 1.06. The van der Waals surface area contributed by atoms with Crippen LogP contribution in [0, 0.1) is 29.0 Å². The highest BCUT2D eigenvalue weighted by atomic mass is 19.1. The molecule has 0 spiro atoms. The van der Waals surface area contributed by atoms with E-state index in [0.717, 1.165) is 41.6 Å². The molecular weight excluding hydrogens is 455 g/mol. The van der Waals surface area contributed by atoms with Crippen LogP contribution in [0.5, 0.6) is 0 Å². The number of halogens is 1. The number of anilines is 1. The first-order valence-corrected chi connectivity index (χ1v) is 13.2. The fourth-order valence-corrected chi connectivity index (χ4v) is 8.50. The van der Waals surface area contributed by atoms with Crippen molar-refractivity contribution >= 4 is 17.1 Å². The van der Waals surface area contributed by atoms with Gasteiger partial charge in [0.2, 0.25) is 0 Å². The van der Waals surface area contributed by atoms with E-state index in [1.54, 1.807) is 18.6 Å². The van der Waals surface area contributed by atoms with Crippen molar-refractivity contribution in [1.29, 1.82) is 0 Å². The van der Waals surface area contributed by atoms with Gasteiger partial charge in [-0.2, -0.15) is 4.98 Å². The Bertz CT molecular complexity index is 1430. The Kier molecular flexibility index (Phi) is 4.32. The van der Waals surface area contributed by atoms with Gasteiger partial charge in [-0.25, -0.2) is 9.37 Å². The highest BCUT2D eigenvalue weighted by Gasteiger charge is 2.58. The van der Waals surface area contributed by atoms with Gasteiger partial charge in [0, 0.05) is 17.2 Å². The highest BCUT2D eigenvalue weighted by Crippen LogP contribution is 2.63. The largest absolute Gasteiger partial charge is 0.424 e. The Labute approximate surface area is 208 Å². The maximum absolute atomic E-state index is 15.0. The van der Waals surface area contributed by atoms with Crippen LogP contribution in [0.25, 0.3) is 22.4 Å². The molecular formula is C29H29FN4O2. The summed E-state index contributed by atoms with van der Waals surface area (Å²) in [6.45, 7) is 0. The second kappa shape index (κ2) is 7.42. The molecule has 4 fully saturated rings. The van der Waals surface area contributed by atoms with Crippen LogP contribution in [0.1, 0.15) is 50.1 Å². The fraction of sp³-hybridized carbons (Fsp3) is 0.448. The number of aliphatic hydroxyl groups is 1. The highest BCUT2D eigenvalue weighted by molar-refractivity contribution is 5.74. The molecule has 4 aliphatic carbocycles. The number of aromatic nitrogens is 3. The SMILES string of the molecule is O[C@H](C[C@H]1c2c(F)cccc2-c2cncn21)C12CC3CC(C1)C(Nc1nc4ccccc4o1)C(C3)C2. The minimum atomic E-state index is -0.485. The van der Waals surface area contributed by atoms with Gasteiger partial charge in [0.15, 0.2) is 5.58 Å². The van der Waals surface area contributed by atoms with Crippen LogP contribution in [0.15, 0.2) is 59.4 Å². The van der Waals surface area contributed by atoms with Crippen molar-refractivity contribution < 1.29 is 13.9 Å². The molecule has 184 valence electrons. The molecule has 2 unspecified atom stereocenters. The lowest BCUT2D eigenvalue weighted by atomic mass is 9.46. The summed E-state index contributed by atoms with van der Waals surface area (Å²) in [4.78, 5) is 8.98. The first-order valence-electron chi connectivity index (χ1n) is 13.2. The molecule has 4 atom stereocenters. The summed E-state index contributed by atoms with van der Waals surface area (Å²) in [5.74, 6) is 1.42. The monoisotopic (exact) mass is 484 g/mol. The van der Waals surface area contributed by atoms with Gasteiger partial charge in [0.05, 0.1) is 30.4 Å². The zero-order chi connectivity index (χ0) is 24.0. The van der Waals surface area contributed by atoms with Crippen LogP contribution in [0.2, 0.25) is 0 Å². The number of benzene rings is 2. The quantitative estimate of drug-likeness (QED) is 0.375. The van der Waals surface area contributed by atoms with Crippen LogP contribution in [-0.4, -0.2) is 31.8 Å². The molecule has 4 bridgehead atoms. The van der Waals surface area contributed by atoms with E-state index in [9.17, 15) is 9.50 Å². The summed E-state index contributed by atoms with van der Waals surface area (Å²) in [5, 5.41) is 15.5. The first-order chi connectivity index (χ1) is 17.6. The fourth-order valence-electron chi connectivity index (χ4n) is 8.50. The molecule has 2 aromatic heterocycles. The number of nitrogens with one attached hydrogen (secondary N) is 1. The maximum Gasteiger partial charge on any atom is 0.295 e. The van der Waals surface area contributed by atoms with Gasteiger partial charge in [0.25, 0.3) is 6.01 Å². The number of hydrogen-bond acceptors (Lipinski definition) is 5. The molecule has 3 heterocycles. The third-order valence-corrected chi connectivity index (χ3v) is 9.72. The topological polar surface area (TPSA) is 76.1 Å². The standard InChI is InChI=1S/C29H29FN4O2/c30-20-5-3-4-19-23-14-31-15-34(23)22(26(19)20)10-25(35)29-11-16-8-17(12-29)27(18(9-16)13-29)33-28-32-21-6-1-2-7-24(21)36-28/h1-7,14-18,22,25,27,35H,8-13H2,(H,32,33)/t16?,17?,18?,22-,25+,27?,29?/m0/s1. The van der Waals surface area contributed by atoms with Gasteiger partial charge in [-0.05, 0) is 79.9 Å². The Morgan fingerprint density at radius 1 is 1.11 bits per heavy atom. The molecule has 1 aliphatic heterocycles. The number of hydrogen-bond donors (Lipinski definition) is 2. The van der Waals surface area contributed by atoms with Crippen LogP contribution in [0.4, 0.5) is 10.4 Å². The molecule has 7 heteroatoms. The zero-order valence-electron chi connectivity index (χ0n) is 20.0. The average Bonchev–Trinajstić information content (AvgIpc) is 3.57. The van der Waals surface area contributed by atoms with E-state index >= 15 is 0 Å². The average molecular weight is 485 g/mol. The number of rotatable bonds is 5. The van der Waals surface area contributed by atoms with Crippen molar-refractivity contribution in [2.45, 2.75) is 56.7 Å². The number of fused-ring (bicyclic) bond motifs is 4. The molecule has 2 aromatic carbocycles. The smallest absolute Gasteiger partial charge is 0.295 e. The van der Waals surface area contributed by atoms with Gasteiger partial charge in [-0.3, -0.25) is 0 Å². The maximum atomic E-state index is 15.0. The number of para-hydroxylation sites is 2. The molecule has 0 radical (unpaired) electrons. The zero-order valence-corrected chi connectivity index (χ0v) is 20.0. The second-order valence-corrected chi connectivity index (χ2v) is 11.6. The summed E-state index contributed by atoms with van der Waals surface area (Å²) in [5.41, 5.74) is 4.11. The summed E-state index contributed by atoms with van der Waals surface area (Å²) in [6.07, 6.45) is 9.06. The van der Waals surface area contributed by atoms with E-state index in [1.807, 2.05) is 30.3 Å². The van der Waals surface area contributed by atoms with Crippen molar-refractivity contribution in [3.05, 3.63) is 66.4 Å². The Hall–Kier alpha value is -3.19. The van der Waals surface area contributed by atoms with Gasteiger partial charge in [0.1, 0.15) is 11.3 Å². The Morgan fingerprint density at radius 2 is 1.94 bits per heavy atom. The van der Waals surface area contributed by atoms with Gasteiger partial charge in [-0.15, -0.1) is 0 Å². The predicted octanol–water partition coefficient (Wildman–Crippen LogP) is 5.79. The van der Waals surface area contributed by atoms with E-state index in [1.165, 1.54) is 18.9 Å². The summed E-state index contributed by atoms with van der Waals surface area (Å²) >= 11 is 0. The van der Waals surface area contributed by atoms with Crippen molar-refractivity contribution in [2.75, 3.05) is 5.32 Å². The van der Waals surface area contributed by atoms with Crippen molar-refractivity contribution in [3.63, 3.8) is 0 Å². The van der Waals surface area contributed by atoms with Crippen molar-refractivity contribution in [3.8, 4) is 11.3 Å². The number of oxazole rings is 1. The van der Waals surface area contributed by atoms with Crippen molar-refractivity contribution in [1.82, 2.24) is 14.5 Å². The normalized spacial score (nSPS) is 32.6. The summed E-state index contributed by atoms with van der Waals surface area (Å²) < 4.78 is 23.0. The molecule has 2 N–H and O–H groups in total. The molecule has 4 saturated carbocycles. The van der Waals surface area contributed by atoms with E-state index in [2.05, 4.69) is 19.9 Å². The molecule has 36 heavy (non-hydrogen) atoms. The van der Waals surface area contributed by atoms with Gasteiger partial charge >= 0.3 is 0 Å². The lowest BCUT2D eigenvalue weighted by molar-refractivity contribution is -0.129. The van der Waals surface area contributed by atoms with Crippen molar-refractivity contribution in [2.24, 2.45) is 23.2 Å². The van der Waals surface area contributed by atoms with E-state index in [-0.39, 0.29) is 17.3 Å². The first kappa shape index (κ1) is 20.9. The number of imidazole rings is 1. The van der Waals surface area contributed by atoms with Crippen LogP contribution in [-0.2, 0) is 0 Å². The van der Waals surface area contributed by atoms with E-state index < -0.39 is 6.10 Å². The molecule has 0 saturated heterocycles. The minimum absolute atomic E-state index is 0.106. The minimum Gasteiger partial charge on any atom is -0.424 e. The Morgan fingerprint density at radius 3 is 2.78 bits per heavy atom. The third-order valence-electron chi connectivity index (χ3n) is 9.72. The lowest BCUT2D eigenvalue weighted by Gasteiger charge is -2.61. The summed E-state index contributed by atoms with van der Waals surface area (Å²) in [7, 11) is 0. The lowest BCUT2D eigenvalue weighted by Crippen LogP contribution is -2.59. The molecule has 9 rings (SSSR count). The summed E-state index contributed by atoms with van der Waals surface area (Å²) in [6, 6.07) is 13.8. The van der Waals surface area contributed by atoms with Crippen LogP contribution >= 0.6 is 0 Å². The van der Waals surface area contributed by atoms with Crippen LogP contribution in [0.3, 0.4) is 0 Å². The predicted molar refractivity (Wildman–Crippen MR) is 134 cm³/mol. The second-order valence-electron chi connectivity index (χ2n) is 11.6. The number of nitrogens with zero attached hydrogens (tertiary/aromatic N) is 3. The van der Waals surface area contributed by atoms with Gasteiger partial charge < -0.3 is 19.4 Å². The van der Waals surface area contributed by atoms with Gasteiger partial charge in [-0.1, -0.05) is 24.3 Å². The third kappa shape index (κ3) is 2.92. The molecule has 5 aliphatic rings. The molecule has 4 aromatic rings. The molecule has 0 amide bonds. The van der Waals surface area contributed by atoms with E-state index in [0.29, 0.717) is 41.8 Å². The van der Waals surface area contributed by atoms with E-state index in [4.69, 9.17) is 4.42 Å². The molecule has 6 nitrogen and oxygen atoms in total. The number of aliphatic hydroxyl groups excluding tert-OH is 1. The van der Waals surface area contributed by atoms with Crippen LogP contribution < -0.4 is 5.32 Å².